The number of carbonyl (C=O) groups is 1. The van der Waals surface area contributed by atoms with Crippen molar-refractivity contribution in [2.24, 2.45) is 0 Å². The van der Waals surface area contributed by atoms with E-state index in [1.54, 1.807) is 12.3 Å². The molecule has 5 aromatic rings. The molecule has 1 N–H and O–H groups in total. The van der Waals surface area contributed by atoms with Gasteiger partial charge in [0, 0.05) is 28.0 Å². The first-order chi connectivity index (χ1) is 15.6. The topological polar surface area (TPSA) is 62.8 Å². The Morgan fingerprint density at radius 2 is 1.78 bits per heavy atom. The molecule has 0 fully saturated rings. The normalized spacial score (nSPS) is 11.4. The molecule has 2 aromatic heterocycles. The van der Waals surface area contributed by atoms with E-state index in [0.29, 0.717) is 11.1 Å². The van der Waals surface area contributed by atoms with Crippen LogP contribution in [0.15, 0.2) is 95.9 Å². The molecule has 154 valence electrons. The number of pyridine rings is 2. The van der Waals surface area contributed by atoms with Crippen LogP contribution in [0.2, 0.25) is 0 Å². The number of ketones is 1. The van der Waals surface area contributed by atoms with E-state index in [-0.39, 0.29) is 11.3 Å². The Bertz CT molecular complexity index is 1560. The number of hydrogen-bond donors (Lipinski definition) is 1. The van der Waals surface area contributed by atoms with Crippen molar-refractivity contribution in [3.05, 3.63) is 118 Å². The van der Waals surface area contributed by atoms with Gasteiger partial charge in [-0.2, -0.15) is 0 Å². The molecule has 4 nitrogen and oxygen atoms in total. The van der Waals surface area contributed by atoms with Gasteiger partial charge in [-0.05, 0) is 54.5 Å². The van der Waals surface area contributed by atoms with Gasteiger partial charge in [0.1, 0.15) is 0 Å². The molecule has 0 spiro atoms. The molecule has 0 aliphatic rings. The summed E-state index contributed by atoms with van der Waals surface area (Å²) in [6, 6.07) is 25.1. The summed E-state index contributed by atoms with van der Waals surface area (Å²) in [6.07, 6.45) is 4.96. The second-order valence-corrected chi connectivity index (χ2v) is 7.77. The van der Waals surface area contributed by atoms with E-state index in [9.17, 15) is 9.59 Å². The highest BCUT2D eigenvalue weighted by molar-refractivity contribution is 6.15. The lowest BCUT2D eigenvalue weighted by Crippen LogP contribution is -2.18. The predicted molar refractivity (Wildman–Crippen MR) is 130 cm³/mol. The van der Waals surface area contributed by atoms with Gasteiger partial charge in [0.25, 0.3) is 5.56 Å². The molecule has 4 heteroatoms. The molecule has 0 saturated heterocycles. The molecule has 0 atom stereocenters. The Labute approximate surface area is 184 Å². The highest BCUT2D eigenvalue weighted by Gasteiger charge is 2.19. The lowest BCUT2D eigenvalue weighted by Gasteiger charge is -2.12. The molecule has 0 radical (unpaired) electrons. The SMILES string of the molecule is Cc1ccc2[nH]c(=O)c(C(=O)C=Cc3ccc4ncccc4c3)c(-c3ccccc3)c2c1. The first-order valence-electron chi connectivity index (χ1n) is 10.4. The molecule has 2 heterocycles. The molecule has 3 aromatic carbocycles. The van der Waals surface area contributed by atoms with Crippen LogP contribution in [-0.2, 0) is 0 Å². The van der Waals surface area contributed by atoms with Gasteiger partial charge in [-0.1, -0.05) is 60.2 Å². The number of nitrogens with one attached hydrogen (secondary N) is 1. The first-order valence-corrected chi connectivity index (χ1v) is 10.4. The number of aromatic amines is 1. The Morgan fingerprint density at radius 1 is 0.938 bits per heavy atom. The van der Waals surface area contributed by atoms with E-state index in [1.807, 2.05) is 85.8 Å². The minimum atomic E-state index is -0.391. The van der Waals surface area contributed by atoms with Gasteiger partial charge < -0.3 is 4.98 Å². The van der Waals surface area contributed by atoms with Crippen molar-refractivity contribution in [1.82, 2.24) is 9.97 Å². The number of nitrogens with zero attached hydrogens (tertiary/aromatic N) is 1. The molecule has 32 heavy (non-hydrogen) atoms. The van der Waals surface area contributed by atoms with E-state index in [4.69, 9.17) is 0 Å². The average Bonchev–Trinajstić information content (AvgIpc) is 2.82. The van der Waals surface area contributed by atoms with E-state index in [1.165, 1.54) is 6.08 Å². The number of fused-ring (bicyclic) bond motifs is 2. The minimum Gasteiger partial charge on any atom is -0.321 e. The molecule has 0 aliphatic heterocycles. The Balaban J connectivity index is 1.65. The van der Waals surface area contributed by atoms with Gasteiger partial charge in [-0.3, -0.25) is 14.6 Å². The zero-order chi connectivity index (χ0) is 22.1. The minimum absolute atomic E-state index is 0.146. The van der Waals surface area contributed by atoms with E-state index in [0.717, 1.165) is 33.0 Å². The van der Waals surface area contributed by atoms with Gasteiger partial charge in [-0.15, -0.1) is 0 Å². The zero-order valence-corrected chi connectivity index (χ0v) is 17.5. The highest BCUT2D eigenvalue weighted by Crippen LogP contribution is 2.30. The highest BCUT2D eigenvalue weighted by atomic mass is 16.1. The molecule has 0 saturated carbocycles. The molecular formula is C28H20N2O2. The van der Waals surface area contributed by atoms with Gasteiger partial charge >= 0.3 is 0 Å². The molecule has 0 unspecified atom stereocenters. The summed E-state index contributed by atoms with van der Waals surface area (Å²) in [5.41, 5.74) is 4.78. The van der Waals surface area contributed by atoms with Crippen molar-refractivity contribution in [2.45, 2.75) is 6.92 Å². The number of benzene rings is 3. The summed E-state index contributed by atoms with van der Waals surface area (Å²) in [6.45, 7) is 2.00. The predicted octanol–water partition coefficient (Wildman–Crippen LogP) is 5.95. The third-order valence-electron chi connectivity index (χ3n) is 5.53. The van der Waals surface area contributed by atoms with E-state index in [2.05, 4.69) is 9.97 Å². The monoisotopic (exact) mass is 416 g/mol. The van der Waals surface area contributed by atoms with Crippen LogP contribution in [0.25, 0.3) is 39.0 Å². The number of carbonyl (C=O) groups excluding carboxylic acids is 1. The number of aromatic nitrogens is 2. The van der Waals surface area contributed by atoms with Crippen LogP contribution in [-0.4, -0.2) is 15.8 Å². The van der Waals surface area contributed by atoms with Crippen molar-refractivity contribution in [1.29, 1.82) is 0 Å². The van der Waals surface area contributed by atoms with Crippen molar-refractivity contribution in [3.8, 4) is 11.1 Å². The maximum atomic E-state index is 13.3. The Hall–Kier alpha value is -4.31. The van der Waals surface area contributed by atoms with Crippen LogP contribution in [0, 0.1) is 6.92 Å². The lowest BCUT2D eigenvalue weighted by molar-refractivity contribution is 0.104. The fourth-order valence-electron chi connectivity index (χ4n) is 4.00. The largest absolute Gasteiger partial charge is 0.321 e. The molecule has 0 bridgehead atoms. The second-order valence-electron chi connectivity index (χ2n) is 7.77. The smallest absolute Gasteiger partial charge is 0.260 e. The van der Waals surface area contributed by atoms with E-state index < -0.39 is 5.56 Å². The Morgan fingerprint density at radius 3 is 2.62 bits per heavy atom. The quantitative estimate of drug-likeness (QED) is 0.291. The first kappa shape index (κ1) is 19.6. The number of aryl methyl sites for hydroxylation is 1. The number of hydrogen-bond acceptors (Lipinski definition) is 3. The second kappa shape index (κ2) is 8.08. The van der Waals surface area contributed by atoms with Crippen molar-refractivity contribution >= 4 is 33.7 Å². The number of allylic oxidation sites excluding steroid dienone is 1. The number of H-pyrrole nitrogens is 1. The molecule has 0 amide bonds. The summed E-state index contributed by atoms with van der Waals surface area (Å²) in [5.74, 6) is -0.334. The Kier molecular flexibility index (Phi) is 4.96. The van der Waals surface area contributed by atoms with E-state index >= 15 is 0 Å². The van der Waals surface area contributed by atoms with Crippen LogP contribution >= 0.6 is 0 Å². The van der Waals surface area contributed by atoms with Crippen molar-refractivity contribution < 1.29 is 4.79 Å². The summed E-state index contributed by atoms with van der Waals surface area (Å²) >= 11 is 0. The fourth-order valence-corrected chi connectivity index (χ4v) is 4.00. The maximum absolute atomic E-state index is 13.3. The zero-order valence-electron chi connectivity index (χ0n) is 17.5. The molecular weight excluding hydrogens is 396 g/mol. The van der Waals surface area contributed by atoms with Crippen LogP contribution in [0.4, 0.5) is 0 Å². The summed E-state index contributed by atoms with van der Waals surface area (Å²) in [4.78, 5) is 33.5. The number of rotatable bonds is 4. The standard InChI is InChI=1S/C28H20N2O2/c1-18-9-12-24-22(16-18)26(20-6-3-2-4-7-20)27(28(32)30-24)25(31)14-11-19-10-13-23-21(17-19)8-5-15-29-23/h2-17H,1H3,(H,30,32). The third-order valence-corrected chi connectivity index (χ3v) is 5.53. The fraction of sp³-hybridized carbons (Fsp3) is 0.0357. The van der Waals surface area contributed by atoms with Crippen LogP contribution in [0.3, 0.4) is 0 Å². The van der Waals surface area contributed by atoms with Crippen LogP contribution < -0.4 is 5.56 Å². The summed E-state index contributed by atoms with van der Waals surface area (Å²) in [5, 5.41) is 1.84. The van der Waals surface area contributed by atoms with Crippen LogP contribution in [0.5, 0.6) is 0 Å². The lowest BCUT2D eigenvalue weighted by atomic mass is 9.93. The third kappa shape index (κ3) is 3.63. The van der Waals surface area contributed by atoms with Gasteiger partial charge in [-0.25, -0.2) is 0 Å². The maximum Gasteiger partial charge on any atom is 0.260 e. The summed E-state index contributed by atoms with van der Waals surface area (Å²) < 4.78 is 0. The van der Waals surface area contributed by atoms with Gasteiger partial charge in [0.05, 0.1) is 11.1 Å². The van der Waals surface area contributed by atoms with Crippen molar-refractivity contribution in [2.75, 3.05) is 0 Å². The van der Waals surface area contributed by atoms with Crippen LogP contribution in [0.1, 0.15) is 21.5 Å². The molecule has 0 aliphatic carbocycles. The molecule has 5 rings (SSSR count). The summed E-state index contributed by atoms with van der Waals surface area (Å²) in [7, 11) is 0. The average molecular weight is 416 g/mol. The van der Waals surface area contributed by atoms with Gasteiger partial charge in [0.2, 0.25) is 0 Å². The van der Waals surface area contributed by atoms with Gasteiger partial charge in [0.15, 0.2) is 5.78 Å². The van der Waals surface area contributed by atoms with Crippen molar-refractivity contribution in [3.63, 3.8) is 0 Å².